The number of aromatic nitrogens is 1. The molecule has 7 heteroatoms. The van der Waals surface area contributed by atoms with Gasteiger partial charge in [-0.1, -0.05) is 18.2 Å². The standard InChI is InChI=1S/C19H24N4O3/c1-13(22-14(2)18(24)23-19(25)20-3)15-7-6-9-17(11-15)26-12-16-8-4-5-10-21-16/h4-11,13-14,22H,12H2,1-3H3,(H2,20,23,24,25). The lowest BCUT2D eigenvalue weighted by molar-refractivity contribution is -0.121. The van der Waals surface area contributed by atoms with E-state index in [1.165, 1.54) is 7.05 Å². The molecule has 0 aliphatic rings. The molecule has 2 atom stereocenters. The zero-order valence-corrected chi connectivity index (χ0v) is 15.2. The van der Waals surface area contributed by atoms with Crippen LogP contribution in [0.5, 0.6) is 5.75 Å². The van der Waals surface area contributed by atoms with Crippen LogP contribution in [-0.2, 0) is 11.4 Å². The van der Waals surface area contributed by atoms with Crippen molar-refractivity contribution in [3.8, 4) is 5.75 Å². The Bertz CT molecular complexity index is 737. The molecule has 0 radical (unpaired) electrons. The highest BCUT2D eigenvalue weighted by Crippen LogP contribution is 2.20. The molecule has 2 unspecified atom stereocenters. The first kappa shape index (κ1) is 19.4. The van der Waals surface area contributed by atoms with Crippen molar-refractivity contribution in [1.82, 2.24) is 20.9 Å². The predicted octanol–water partition coefficient (Wildman–Crippen LogP) is 2.16. The van der Waals surface area contributed by atoms with Gasteiger partial charge in [0, 0.05) is 19.3 Å². The molecule has 0 aliphatic carbocycles. The summed E-state index contributed by atoms with van der Waals surface area (Å²) in [6.07, 6.45) is 1.73. The second-order valence-corrected chi connectivity index (χ2v) is 5.86. The van der Waals surface area contributed by atoms with Crippen molar-refractivity contribution >= 4 is 11.9 Å². The summed E-state index contributed by atoms with van der Waals surface area (Å²) in [6, 6.07) is 12.2. The first-order valence-electron chi connectivity index (χ1n) is 8.41. The Labute approximate surface area is 153 Å². The molecule has 3 amide bonds. The van der Waals surface area contributed by atoms with Gasteiger partial charge in [-0.25, -0.2) is 4.79 Å². The number of imide groups is 1. The van der Waals surface area contributed by atoms with E-state index in [4.69, 9.17) is 4.74 Å². The number of benzene rings is 1. The molecule has 0 spiro atoms. The third kappa shape index (κ3) is 5.86. The van der Waals surface area contributed by atoms with Gasteiger partial charge in [-0.15, -0.1) is 0 Å². The van der Waals surface area contributed by atoms with Gasteiger partial charge in [0.25, 0.3) is 0 Å². The van der Waals surface area contributed by atoms with Crippen molar-refractivity contribution in [3.05, 3.63) is 59.9 Å². The number of ether oxygens (including phenoxy) is 1. The maximum absolute atomic E-state index is 11.9. The van der Waals surface area contributed by atoms with Crippen LogP contribution in [0.4, 0.5) is 4.79 Å². The lowest BCUT2D eigenvalue weighted by Crippen LogP contribution is -2.47. The van der Waals surface area contributed by atoms with Gasteiger partial charge in [0.1, 0.15) is 12.4 Å². The molecule has 0 saturated heterocycles. The van der Waals surface area contributed by atoms with Crippen molar-refractivity contribution in [2.24, 2.45) is 0 Å². The number of carbonyl (C=O) groups is 2. The fraction of sp³-hybridized carbons (Fsp3) is 0.316. The molecule has 2 rings (SSSR count). The Morgan fingerprint density at radius 2 is 1.96 bits per heavy atom. The van der Waals surface area contributed by atoms with Gasteiger partial charge in [0.2, 0.25) is 5.91 Å². The molecule has 3 N–H and O–H groups in total. The summed E-state index contributed by atoms with van der Waals surface area (Å²) < 4.78 is 5.78. The average molecular weight is 356 g/mol. The molecule has 138 valence electrons. The van der Waals surface area contributed by atoms with Gasteiger partial charge in [-0.05, 0) is 43.7 Å². The molecule has 0 bridgehead atoms. The van der Waals surface area contributed by atoms with Crippen LogP contribution in [0, 0.1) is 0 Å². The first-order valence-corrected chi connectivity index (χ1v) is 8.41. The largest absolute Gasteiger partial charge is 0.487 e. The van der Waals surface area contributed by atoms with E-state index in [1.807, 2.05) is 49.4 Å². The highest BCUT2D eigenvalue weighted by atomic mass is 16.5. The molecule has 1 aromatic heterocycles. The van der Waals surface area contributed by atoms with Crippen molar-refractivity contribution in [2.45, 2.75) is 32.5 Å². The van der Waals surface area contributed by atoms with E-state index >= 15 is 0 Å². The molecular weight excluding hydrogens is 332 g/mol. The Kier molecular flexibility index (Phi) is 7.11. The number of rotatable bonds is 7. The maximum atomic E-state index is 11.9. The third-order valence-corrected chi connectivity index (χ3v) is 3.83. The highest BCUT2D eigenvalue weighted by molar-refractivity contribution is 5.96. The fourth-order valence-electron chi connectivity index (χ4n) is 2.34. The quantitative estimate of drug-likeness (QED) is 0.707. The van der Waals surface area contributed by atoms with E-state index in [0.717, 1.165) is 17.0 Å². The average Bonchev–Trinajstić information content (AvgIpc) is 2.67. The Morgan fingerprint density at radius 3 is 2.65 bits per heavy atom. The van der Waals surface area contributed by atoms with Crippen LogP contribution in [0.3, 0.4) is 0 Å². The number of pyridine rings is 1. The Balaban J connectivity index is 1.93. The monoisotopic (exact) mass is 356 g/mol. The zero-order chi connectivity index (χ0) is 18.9. The summed E-state index contributed by atoms with van der Waals surface area (Å²) in [5.41, 5.74) is 1.83. The van der Waals surface area contributed by atoms with Crippen LogP contribution in [0.2, 0.25) is 0 Å². The van der Waals surface area contributed by atoms with Crippen molar-refractivity contribution in [3.63, 3.8) is 0 Å². The summed E-state index contributed by atoms with van der Waals surface area (Å²) in [5, 5.41) is 7.77. The predicted molar refractivity (Wildman–Crippen MR) is 98.6 cm³/mol. The fourth-order valence-corrected chi connectivity index (χ4v) is 2.34. The zero-order valence-electron chi connectivity index (χ0n) is 15.2. The van der Waals surface area contributed by atoms with Gasteiger partial charge in [-0.3, -0.25) is 20.4 Å². The van der Waals surface area contributed by atoms with E-state index < -0.39 is 18.0 Å². The van der Waals surface area contributed by atoms with E-state index in [0.29, 0.717) is 6.61 Å². The lowest BCUT2D eigenvalue weighted by Gasteiger charge is -2.20. The van der Waals surface area contributed by atoms with Crippen molar-refractivity contribution < 1.29 is 14.3 Å². The number of urea groups is 1. The minimum Gasteiger partial charge on any atom is -0.487 e. The summed E-state index contributed by atoms with van der Waals surface area (Å²) in [4.78, 5) is 27.4. The van der Waals surface area contributed by atoms with Crippen LogP contribution >= 0.6 is 0 Å². The minimum absolute atomic E-state index is 0.0983. The van der Waals surface area contributed by atoms with Gasteiger partial charge in [0.05, 0.1) is 11.7 Å². The highest BCUT2D eigenvalue weighted by Gasteiger charge is 2.18. The maximum Gasteiger partial charge on any atom is 0.321 e. The smallest absolute Gasteiger partial charge is 0.321 e. The summed E-state index contributed by atoms with van der Waals surface area (Å²) in [6.45, 7) is 4.04. The van der Waals surface area contributed by atoms with E-state index in [2.05, 4.69) is 20.9 Å². The number of nitrogens with zero attached hydrogens (tertiary/aromatic N) is 1. The summed E-state index contributed by atoms with van der Waals surface area (Å²) in [7, 11) is 1.46. The van der Waals surface area contributed by atoms with Gasteiger partial charge < -0.3 is 10.1 Å². The number of hydrogen-bond donors (Lipinski definition) is 3. The molecule has 2 aromatic rings. The summed E-state index contributed by atoms with van der Waals surface area (Å²) in [5.74, 6) is 0.336. The van der Waals surface area contributed by atoms with Crippen LogP contribution in [-0.4, -0.2) is 30.0 Å². The Hall–Kier alpha value is -2.93. The second kappa shape index (κ2) is 9.53. The van der Waals surface area contributed by atoms with E-state index in [9.17, 15) is 9.59 Å². The first-order chi connectivity index (χ1) is 12.5. The van der Waals surface area contributed by atoms with Crippen molar-refractivity contribution in [2.75, 3.05) is 7.05 Å². The lowest BCUT2D eigenvalue weighted by atomic mass is 10.1. The topological polar surface area (TPSA) is 92.4 Å². The molecule has 0 fully saturated rings. The third-order valence-electron chi connectivity index (χ3n) is 3.83. The van der Waals surface area contributed by atoms with Gasteiger partial charge in [0.15, 0.2) is 0 Å². The molecule has 1 aromatic carbocycles. The molecule has 26 heavy (non-hydrogen) atoms. The minimum atomic E-state index is -0.527. The normalized spacial score (nSPS) is 12.7. The number of amides is 3. The van der Waals surface area contributed by atoms with Crippen LogP contribution in [0.25, 0.3) is 0 Å². The number of nitrogens with one attached hydrogen (secondary N) is 3. The molecule has 7 nitrogen and oxygen atoms in total. The van der Waals surface area contributed by atoms with E-state index in [1.54, 1.807) is 13.1 Å². The van der Waals surface area contributed by atoms with Crippen LogP contribution < -0.4 is 20.7 Å². The van der Waals surface area contributed by atoms with Crippen molar-refractivity contribution in [1.29, 1.82) is 0 Å². The van der Waals surface area contributed by atoms with Gasteiger partial charge in [-0.2, -0.15) is 0 Å². The van der Waals surface area contributed by atoms with Gasteiger partial charge >= 0.3 is 6.03 Å². The Morgan fingerprint density at radius 1 is 1.15 bits per heavy atom. The molecular formula is C19H24N4O3. The molecule has 0 aliphatic heterocycles. The molecule has 1 heterocycles. The SMILES string of the molecule is CNC(=O)NC(=O)C(C)NC(C)c1cccc(OCc2ccccn2)c1. The van der Waals surface area contributed by atoms with E-state index in [-0.39, 0.29) is 6.04 Å². The number of carbonyl (C=O) groups excluding carboxylic acids is 2. The summed E-state index contributed by atoms with van der Waals surface area (Å²) >= 11 is 0. The molecule has 0 saturated carbocycles. The second-order valence-electron chi connectivity index (χ2n) is 5.86. The number of hydrogen-bond acceptors (Lipinski definition) is 5. The van der Waals surface area contributed by atoms with Crippen LogP contribution in [0.1, 0.15) is 31.1 Å². The van der Waals surface area contributed by atoms with Crippen LogP contribution in [0.15, 0.2) is 48.7 Å².